The van der Waals surface area contributed by atoms with Gasteiger partial charge in [-0.05, 0) is 29.9 Å². The number of sulfonamides is 1. The van der Waals surface area contributed by atoms with Gasteiger partial charge >= 0.3 is 0 Å². The number of rotatable bonds is 6. The van der Waals surface area contributed by atoms with Gasteiger partial charge in [-0.2, -0.15) is 0 Å². The molecule has 17 heavy (non-hydrogen) atoms. The zero-order valence-electron chi connectivity index (χ0n) is 9.72. The molecule has 0 unspecified atom stereocenters. The van der Waals surface area contributed by atoms with Crippen LogP contribution >= 0.6 is 0 Å². The first kappa shape index (κ1) is 12.5. The maximum Gasteiger partial charge on any atom is 0.212 e. The van der Waals surface area contributed by atoms with Crippen molar-refractivity contribution in [2.45, 2.75) is 25.9 Å². The van der Waals surface area contributed by atoms with Gasteiger partial charge in [0.15, 0.2) is 0 Å². The summed E-state index contributed by atoms with van der Waals surface area (Å²) in [6.07, 6.45) is 2.10. The molecule has 4 nitrogen and oxygen atoms in total. The summed E-state index contributed by atoms with van der Waals surface area (Å²) in [5, 5.41) is 0. The number of hydrogen-bond acceptors (Lipinski definition) is 3. The minimum Gasteiger partial charge on any atom is -0.326 e. The van der Waals surface area contributed by atoms with Crippen molar-refractivity contribution < 1.29 is 8.42 Å². The van der Waals surface area contributed by atoms with Crippen molar-refractivity contribution in [3.63, 3.8) is 0 Å². The highest BCUT2D eigenvalue weighted by atomic mass is 32.2. The van der Waals surface area contributed by atoms with Crippen LogP contribution in [0.25, 0.3) is 0 Å². The molecule has 0 bridgehead atoms. The van der Waals surface area contributed by atoms with Crippen LogP contribution in [-0.2, 0) is 23.1 Å². The first-order valence-electron chi connectivity index (χ1n) is 5.84. The minimum absolute atomic E-state index is 0.272. The summed E-state index contributed by atoms with van der Waals surface area (Å²) in [6.45, 7) is 0.869. The molecule has 1 fully saturated rings. The third-order valence-electron chi connectivity index (χ3n) is 2.91. The average Bonchev–Trinajstić information content (AvgIpc) is 3.10. The maximum atomic E-state index is 11.6. The normalized spacial score (nSPS) is 16.1. The number of nitrogens with one attached hydrogen (secondary N) is 1. The van der Waals surface area contributed by atoms with Gasteiger partial charge in [-0.3, -0.25) is 0 Å². The molecule has 0 saturated heterocycles. The third-order valence-corrected chi connectivity index (χ3v) is 4.40. The zero-order chi connectivity index (χ0) is 12.3. The molecule has 94 valence electrons. The fourth-order valence-electron chi connectivity index (χ4n) is 1.64. The first-order chi connectivity index (χ1) is 8.09. The smallest absolute Gasteiger partial charge is 0.212 e. The van der Waals surface area contributed by atoms with Gasteiger partial charge in [0.05, 0.1) is 5.75 Å². The van der Waals surface area contributed by atoms with Crippen LogP contribution in [0.3, 0.4) is 0 Å². The van der Waals surface area contributed by atoms with E-state index >= 15 is 0 Å². The lowest BCUT2D eigenvalue weighted by atomic mass is 10.1. The Morgan fingerprint density at radius 2 is 1.76 bits per heavy atom. The molecule has 0 aliphatic heterocycles. The largest absolute Gasteiger partial charge is 0.326 e. The van der Waals surface area contributed by atoms with Crippen molar-refractivity contribution in [1.82, 2.24) is 4.72 Å². The monoisotopic (exact) mass is 254 g/mol. The van der Waals surface area contributed by atoms with E-state index in [-0.39, 0.29) is 5.75 Å². The molecular formula is C12H18N2O2S. The molecule has 0 heterocycles. The van der Waals surface area contributed by atoms with E-state index in [1.165, 1.54) is 0 Å². The Morgan fingerprint density at radius 1 is 1.18 bits per heavy atom. The van der Waals surface area contributed by atoms with Crippen molar-refractivity contribution in [2.75, 3.05) is 5.75 Å². The molecule has 1 aliphatic rings. The Balaban J connectivity index is 1.87. The third kappa shape index (κ3) is 4.11. The Hall–Kier alpha value is -0.910. The lowest BCUT2D eigenvalue weighted by molar-refractivity contribution is 0.577. The maximum absolute atomic E-state index is 11.6. The first-order valence-corrected chi connectivity index (χ1v) is 7.49. The highest BCUT2D eigenvalue weighted by molar-refractivity contribution is 7.89. The van der Waals surface area contributed by atoms with E-state index in [0.717, 1.165) is 24.0 Å². The van der Waals surface area contributed by atoms with E-state index in [1.54, 1.807) is 0 Å². The van der Waals surface area contributed by atoms with Gasteiger partial charge in [-0.1, -0.05) is 24.3 Å². The highest BCUT2D eigenvalue weighted by Gasteiger charge is 2.27. The van der Waals surface area contributed by atoms with Crippen molar-refractivity contribution >= 4 is 10.0 Å². The molecule has 0 aromatic heterocycles. The molecule has 0 amide bonds. The van der Waals surface area contributed by atoms with Gasteiger partial charge in [0.25, 0.3) is 0 Å². The van der Waals surface area contributed by atoms with Crippen LogP contribution < -0.4 is 10.5 Å². The predicted octanol–water partition coefficient (Wildman–Crippen LogP) is 0.975. The van der Waals surface area contributed by atoms with Gasteiger partial charge in [0, 0.05) is 13.1 Å². The van der Waals surface area contributed by atoms with E-state index in [9.17, 15) is 8.42 Å². The Kier molecular flexibility index (Phi) is 3.81. The minimum atomic E-state index is -3.11. The summed E-state index contributed by atoms with van der Waals surface area (Å²) in [5.74, 6) is 0.653. The van der Waals surface area contributed by atoms with Crippen molar-refractivity contribution in [1.29, 1.82) is 0 Å². The zero-order valence-corrected chi connectivity index (χ0v) is 10.5. The van der Waals surface area contributed by atoms with Crippen molar-refractivity contribution in [2.24, 2.45) is 11.7 Å². The molecule has 0 atom stereocenters. The summed E-state index contributed by atoms with van der Waals surface area (Å²) in [4.78, 5) is 0. The SMILES string of the molecule is NCc1ccc(CNS(=O)(=O)CC2CC2)cc1. The fraction of sp³-hybridized carbons (Fsp3) is 0.500. The lowest BCUT2D eigenvalue weighted by Gasteiger charge is -2.06. The van der Waals surface area contributed by atoms with Crippen LogP contribution in [0, 0.1) is 5.92 Å². The second-order valence-electron chi connectivity index (χ2n) is 4.57. The average molecular weight is 254 g/mol. The van der Waals surface area contributed by atoms with Crippen LogP contribution in [0.5, 0.6) is 0 Å². The lowest BCUT2D eigenvalue weighted by Crippen LogP contribution is -2.26. The second kappa shape index (κ2) is 5.16. The number of benzene rings is 1. The van der Waals surface area contributed by atoms with Crippen LogP contribution in [0.1, 0.15) is 24.0 Å². The van der Waals surface area contributed by atoms with Gasteiger partial charge in [0.2, 0.25) is 10.0 Å². The van der Waals surface area contributed by atoms with Crippen LogP contribution in [0.4, 0.5) is 0 Å². The molecule has 1 aromatic carbocycles. The van der Waals surface area contributed by atoms with Gasteiger partial charge in [-0.25, -0.2) is 13.1 Å². The molecule has 5 heteroatoms. The number of nitrogens with two attached hydrogens (primary N) is 1. The van der Waals surface area contributed by atoms with E-state index in [1.807, 2.05) is 24.3 Å². The van der Waals surface area contributed by atoms with E-state index in [4.69, 9.17) is 5.73 Å². The summed E-state index contributed by atoms with van der Waals surface area (Å²) in [7, 11) is -3.11. The van der Waals surface area contributed by atoms with Gasteiger partial charge in [0.1, 0.15) is 0 Å². The fourth-order valence-corrected chi connectivity index (χ4v) is 3.10. The topological polar surface area (TPSA) is 72.2 Å². The quantitative estimate of drug-likeness (QED) is 0.794. The molecule has 0 radical (unpaired) electrons. The van der Waals surface area contributed by atoms with Gasteiger partial charge < -0.3 is 5.73 Å². The summed E-state index contributed by atoms with van der Waals surface area (Å²) in [5.41, 5.74) is 7.50. The molecule has 3 N–H and O–H groups in total. The molecule has 1 aliphatic carbocycles. The van der Waals surface area contributed by atoms with Crippen LogP contribution in [0.2, 0.25) is 0 Å². The summed E-state index contributed by atoms with van der Waals surface area (Å²) >= 11 is 0. The predicted molar refractivity (Wildman–Crippen MR) is 67.7 cm³/mol. The van der Waals surface area contributed by atoms with Crippen molar-refractivity contribution in [3.8, 4) is 0 Å². The van der Waals surface area contributed by atoms with Gasteiger partial charge in [-0.15, -0.1) is 0 Å². The van der Waals surface area contributed by atoms with E-state index in [2.05, 4.69) is 4.72 Å². The Morgan fingerprint density at radius 3 is 2.29 bits per heavy atom. The molecule has 1 saturated carbocycles. The Bertz CT molecular complexity index is 464. The summed E-state index contributed by atoms with van der Waals surface area (Å²) in [6, 6.07) is 7.65. The Labute approximate surface area is 102 Å². The van der Waals surface area contributed by atoms with Crippen LogP contribution in [-0.4, -0.2) is 14.2 Å². The standard InChI is InChI=1S/C12H18N2O2S/c13-7-10-1-3-11(4-2-10)8-14-17(15,16)9-12-5-6-12/h1-4,12,14H,5-9,13H2. The van der Waals surface area contributed by atoms with E-state index in [0.29, 0.717) is 19.0 Å². The van der Waals surface area contributed by atoms with Crippen LogP contribution in [0.15, 0.2) is 24.3 Å². The molecule has 1 aromatic rings. The molecular weight excluding hydrogens is 236 g/mol. The highest BCUT2D eigenvalue weighted by Crippen LogP contribution is 2.29. The summed E-state index contributed by atoms with van der Waals surface area (Å²) < 4.78 is 25.9. The molecule has 2 rings (SSSR count). The second-order valence-corrected chi connectivity index (χ2v) is 6.42. The van der Waals surface area contributed by atoms with E-state index < -0.39 is 10.0 Å². The van der Waals surface area contributed by atoms with Crippen molar-refractivity contribution in [3.05, 3.63) is 35.4 Å². The number of hydrogen-bond donors (Lipinski definition) is 2. The molecule has 0 spiro atoms.